The predicted molar refractivity (Wildman–Crippen MR) is 62.2 cm³/mol. The normalized spacial score (nSPS) is 24.8. The van der Waals surface area contributed by atoms with Crippen LogP contribution in [0.25, 0.3) is 0 Å². The van der Waals surface area contributed by atoms with Gasteiger partial charge in [-0.05, 0) is 31.5 Å². The molecule has 0 aliphatic carbocycles. The van der Waals surface area contributed by atoms with Gasteiger partial charge >= 0.3 is 0 Å². The van der Waals surface area contributed by atoms with Gasteiger partial charge in [0.2, 0.25) is 0 Å². The Bertz CT molecular complexity index is 337. The molecule has 0 radical (unpaired) electrons. The van der Waals surface area contributed by atoms with Crippen molar-refractivity contribution in [2.24, 2.45) is 5.41 Å². The minimum atomic E-state index is -0.137. The molecule has 1 N–H and O–H groups in total. The standard InChI is InChI=1S/C13H19NO2/c1-2-5-13(6-7-14-10-13)12(15)9-11-4-3-8-16-11/h3-4,8,14H,2,5-7,9-10H2,1H3. The molecule has 3 heteroatoms. The molecular weight excluding hydrogens is 202 g/mol. The van der Waals surface area contributed by atoms with Gasteiger partial charge in [-0.2, -0.15) is 0 Å². The van der Waals surface area contributed by atoms with Gasteiger partial charge in [-0.25, -0.2) is 0 Å². The van der Waals surface area contributed by atoms with Gasteiger partial charge in [0.25, 0.3) is 0 Å². The lowest BCUT2D eigenvalue weighted by molar-refractivity contribution is -0.127. The van der Waals surface area contributed by atoms with Crippen molar-refractivity contribution in [2.75, 3.05) is 13.1 Å². The predicted octanol–water partition coefficient (Wildman–Crippen LogP) is 2.17. The Kier molecular flexibility index (Phi) is 3.44. The summed E-state index contributed by atoms with van der Waals surface area (Å²) in [5, 5.41) is 3.31. The van der Waals surface area contributed by atoms with Gasteiger partial charge < -0.3 is 9.73 Å². The minimum Gasteiger partial charge on any atom is -0.469 e. The Morgan fingerprint density at radius 2 is 2.50 bits per heavy atom. The highest BCUT2D eigenvalue weighted by Crippen LogP contribution is 2.33. The Hall–Kier alpha value is -1.09. The van der Waals surface area contributed by atoms with E-state index in [1.165, 1.54) is 0 Å². The zero-order valence-corrected chi connectivity index (χ0v) is 9.79. The van der Waals surface area contributed by atoms with Crippen LogP contribution in [0.1, 0.15) is 31.9 Å². The molecule has 0 aromatic carbocycles. The molecule has 1 aliphatic rings. The number of hydrogen-bond donors (Lipinski definition) is 1. The van der Waals surface area contributed by atoms with Crippen molar-refractivity contribution in [3.63, 3.8) is 0 Å². The van der Waals surface area contributed by atoms with E-state index in [0.29, 0.717) is 12.2 Å². The van der Waals surface area contributed by atoms with Crippen molar-refractivity contribution >= 4 is 5.78 Å². The maximum atomic E-state index is 12.3. The van der Waals surface area contributed by atoms with Gasteiger partial charge in [0.15, 0.2) is 0 Å². The zero-order valence-electron chi connectivity index (χ0n) is 9.79. The number of ketones is 1. The third-order valence-corrected chi connectivity index (χ3v) is 3.48. The van der Waals surface area contributed by atoms with Gasteiger partial charge in [0.1, 0.15) is 11.5 Å². The van der Waals surface area contributed by atoms with Crippen molar-refractivity contribution in [1.29, 1.82) is 0 Å². The first-order chi connectivity index (χ1) is 7.77. The molecule has 1 fully saturated rings. The quantitative estimate of drug-likeness (QED) is 0.828. The van der Waals surface area contributed by atoms with E-state index in [2.05, 4.69) is 12.2 Å². The average molecular weight is 221 g/mol. The van der Waals surface area contributed by atoms with E-state index in [9.17, 15) is 4.79 Å². The van der Waals surface area contributed by atoms with Crippen LogP contribution in [-0.4, -0.2) is 18.9 Å². The average Bonchev–Trinajstić information content (AvgIpc) is 2.89. The highest BCUT2D eigenvalue weighted by atomic mass is 16.3. The molecule has 16 heavy (non-hydrogen) atoms. The number of hydrogen-bond acceptors (Lipinski definition) is 3. The zero-order chi connectivity index (χ0) is 11.4. The van der Waals surface area contributed by atoms with E-state index in [0.717, 1.165) is 38.1 Å². The van der Waals surface area contributed by atoms with Crippen LogP contribution < -0.4 is 5.32 Å². The van der Waals surface area contributed by atoms with E-state index in [-0.39, 0.29) is 5.41 Å². The molecule has 0 saturated carbocycles. The van der Waals surface area contributed by atoms with E-state index in [4.69, 9.17) is 4.42 Å². The van der Waals surface area contributed by atoms with Crippen LogP contribution in [0.3, 0.4) is 0 Å². The summed E-state index contributed by atoms with van der Waals surface area (Å²) in [6.45, 7) is 3.94. The Balaban J connectivity index is 2.05. The van der Waals surface area contributed by atoms with Gasteiger partial charge in [-0.1, -0.05) is 13.3 Å². The first-order valence-electron chi connectivity index (χ1n) is 6.03. The summed E-state index contributed by atoms with van der Waals surface area (Å²) in [5.41, 5.74) is -0.137. The van der Waals surface area contributed by atoms with Crippen molar-refractivity contribution in [3.8, 4) is 0 Å². The smallest absolute Gasteiger partial charge is 0.147 e. The van der Waals surface area contributed by atoms with Crippen LogP contribution in [0.15, 0.2) is 22.8 Å². The molecule has 0 amide bonds. The van der Waals surface area contributed by atoms with E-state index in [1.807, 2.05) is 12.1 Å². The molecule has 1 unspecified atom stereocenters. The van der Waals surface area contributed by atoms with Crippen LogP contribution in [0.2, 0.25) is 0 Å². The molecule has 3 nitrogen and oxygen atoms in total. The van der Waals surface area contributed by atoms with Gasteiger partial charge in [-0.15, -0.1) is 0 Å². The summed E-state index contributed by atoms with van der Waals surface area (Å²) < 4.78 is 5.25. The van der Waals surface area contributed by atoms with Gasteiger partial charge in [-0.3, -0.25) is 4.79 Å². The summed E-state index contributed by atoms with van der Waals surface area (Å²) in [4.78, 5) is 12.3. The first-order valence-corrected chi connectivity index (χ1v) is 6.03. The number of carbonyl (C=O) groups excluding carboxylic acids is 1. The van der Waals surface area contributed by atoms with Crippen LogP contribution in [0, 0.1) is 5.41 Å². The van der Waals surface area contributed by atoms with Gasteiger partial charge in [0.05, 0.1) is 12.7 Å². The first kappa shape index (κ1) is 11.4. The molecule has 1 aliphatic heterocycles. The number of rotatable bonds is 5. The maximum Gasteiger partial charge on any atom is 0.147 e. The van der Waals surface area contributed by atoms with E-state index < -0.39 is 0 Å². The van der Waals surface area contributed by atoms with Crippen molar-refractivity contribution < 1.29 is 9.21 Å². The lowest BCUT2D eigenvalue weighted by atomic mass is 9.77. The Labute approximate surface area is 96.2 Å². The fourth-order valence-corrected chi connectivity index (χ4v) is 2.57. The Morgan fingerprint density at radius 1 is 1.62 bits per heavy atom. The van der Waals surface area contributed by atoms with Crippen LogP contribution >= 0.6 is 0 Å². The number of nitrogens with one attached hydrogen (secondary N) is 1. The summed E-state index contributed by atoms with van der Waals surface area (Å²) in [7, 11) is 0. The van der Waals surface area contributed by atoms with Crippen molar-refractivity contribution in [3.05, 3.63) is 24.2 Å². The lowest BCUT2D eigenvalue weighted by Gasteiger charge is -2.25. The van der Waals surface area contributed by atoms with Crippen LogP contribution in [-0.2, 0) is 11.2 Å². The summed E-state index contributed by atoms with van der Waals surface area (Å²) in [6.07, 6.45) is 5.09. The molecule has 1 aromatic heterocycles. The van der Waals surface area contributed by atoms with E-state index >= 15 is 0 Å². The maximum absolute atomic E-state index is 12.3. The molecule has 1 aromatic rings. The molecular formula is C13H19NO2. The molecule has 0 spiro atoms. The summed E-state index contributed by atoms with van der Waals surface area (Å²) in [6, 6.07) is 3.71. The molecule has 0 bridgehead atoms. The largest absolute Gasteiger partial charge is 0.469 e. The summed E-state index contributed by atoms with van der Waals surface area (Å²) >= 11 is 0. The lowest BCUT2D eigenvalue weighted by Crippen LogP contribution is -2.34. The molecule has 2 rings (SSSR count). The van der Waals surface area contributed by atoms with Crippen molar-refractivity contribution in [2.45, 2.75) is 32.6 Å². The SMILES string of the molecule is CCCC1(C(=O)Cc2ccco2)CCNC1. The molecule has 88 valence electrons. The minimum absolute atomic E-state index is 0.137. The molecule has 2 heterocycles. The Morgan fingerprint density at radius 3 is 3.06 bits per heavy atom. The monoisotopic (exact) mass is 221 g/mol. The van der Waals surface area contributed by atoms with Gasteiger partial charge in [0, 0.05) is 12.0 Å². The second-order valence-electron chi connectivity index (χ2n) is 4.64. The highest BCUT2D eigenvalue weighted by molar-refractivity contribution is 5.87. The molecule has 1 saturated heterocycles. The molecule has 1 atom stereocenters. The van der Waals surface area contributed by atoms with E-state index in [1.54, 1.807) is 6.26 Å². The summed E-state index contributed by atoms with van der Waals surface area (Å²) in [5.74, 6) is 1.11. The topological polar surface area (TPSA) is 42.2 Å². The third kappa shape index (κ3) is 2.19. The number of furan rings is 1. The second-order valence-corrected chi connectivity index (χ2v) is 4.64. The fourth-order valence-electron chi connectivity index (χ4n) is 2.57. The second kappa shape index (κ2) is 4.83. The number of carbonyl (C=O) groups is 1. The number of Topliss-reactive ketones (excluding diaryl/α,β-unsaturated/α-hetero) is 1. The highest BCUT2D eigenvalue weighted by Gasteiger charge is 2.39. The van der Waals surface area contributed by atoms with Crippen LogP contribution in [0.4, 0.5) is 0 Å². The van der Waals surface area contributed by atoms with Crippen LogP contribution in [0.5, 0.6) is 0 Å². The van der Waals surface area contributed by atoms with Crippen molar-refractivity contribution in [1.82, 2.24) is 5.32 Å². The third-order valence-electron chi connectivity index (χ3n) is 3.48. The fraction of sp³-hybridized carbons (Fsp3) is 0.615.